The van der Waals surface area contributed by atoms with Crippen molar-refractivity contribution >= 4 is 15.9 Å². The normalized spacial score (nSPS) is 12.7. The predicted molar refractivity (Wildman–Crippen MR) is 108 cm³/mol. The molecule has 0 bridgehead atoms. The molecule has 1 aromatic heterocycles. The molecule has 3 aromatic rings. The monoisotopic (exact) mass is 397 g/mol. The van der Waals surface area contributed by atoms with Crippen molar-refractivity contribution in [1.29, 1.82) is 0 Å². The van der Waals surface area contributed by atoms with Crippen LogP contribution in [-0.4, -0.2) is 24.1 Å². The van der Waals surface area contributed by atoms with Crippen molar-refractivity contribution in [2.24, 2.45) is 0 Å². The number of aromatic nitrogens is 2. The molecule has 7 heteroatoms. The smallest absolute Gasteiger partial charge is 0.249 e. The Labute approximate surface area is 165 Å². The van der Waals surface area contributed by atoms with Gasteiger partial charge in [-0.2, -0.15) is 5.10 Å². The fraction of sp³-hybridized carbons (Fsp3) is 0.238. The first-order valence-corrected chi connectivity index (χ1v) is 10.4. The van der Waals surface area contributed by atoms with E-state index in [4.69, 9.17) is 0 Å². The average Bonchev–Trinajstić information content (AvgIpc) is 3.00. The van der Waals surface area contributed by atoms with Crippen LogP contribution in [0.15, 0.2) is 65.6 Å². The largest absolute Gasteiger partial charge is 0.272 e. The first-order chi connectivity index (χ1) is 13.3. The van der Waals surface area contributed by atoms with Crippen LogP contribution in [0.3, 0.4) is 0 Å². The Morgan fingerprint density at radius 3 is 2.25 bits per heavy atom. The van der Waals surface area contributed by atoms with Gasteiger partial charge in [0.1, 0.15) is 0 Å². The number of rotatable bonds is 6. The maximum Gasteiger partial charge on any atom is 0.249 e. The predicted octanol–water partition coefficient (Wildman–Crippen LogP) is 3.56. The minimum absolute atomic E-state index is 0.0446. The number of hydrogen-bond donors (Lipinski definition) is 1. The second kappa shape index (κ2) is 8.08. The molecule has 28 heavy (non-hydrogen) atoms. The summed E-state index contributed by atoms with van der Waals surface area (Å²) in [4.78, 5) is 13.0. The molecule has 0 radical (unpaired) electrons. The Hall–Kier alpha value is -2.77. The van der Waals surface area contributed by atoms with Crippen LogP contribution in [-0.2, 0) is 10.0 Å². The minimum atomic E-state index is -3.79. The topological polar surface area (TPSA) is 81.1 Å². The van der Waals surface area contributed by atoms with Gasteiger partial charge in [0.15, 0.2) is 0 Å². The average molecular weight is 398 g/mol. The molecule has 0 fully saturated rings. The van der Waals surface area contributed by atoms with Gasteiger partial charge < -0.3 is 0 Å². The lowest BCUT2D eigenvalue weighted by molar-refractivity contribution is 0.0872. The van der Waals surface area contributed by atoms with Gasteiger partial charge >= 0.3 is 0 Å². The van der Waals surface area contributed by atoms with Gasteiger partial charge in [0.2, 0.25) is 15.9 Å². The standard InChI is InChI=1S/C21H23N3O3S/c1-15-9-11-19(12-10-15)28(26,27)23-20(18-7-5-4-6-8-18)14-21(25)24-17(3)13-16(2)22-24/h4-13,20,23H,14H2,1-3H3/t20-/m0/s1. The summed E-state index contributed by atoms with van der Waals surface area (Å²) in [6.45, 7) is 5.50. The van der Waals surface area contributed by atoms with Gasteiger partial charge in [-0.3, -0.25) is 4.79 Å². The summed E-state index contributed by atoms with van der Waals surface area (Å²) in [6.07, 6.45) is -0.0446. The molecule has 0 amide bonds. The Bertz CT molecular complexity index is 1070. The highest BCUT2D eigenvalue weighted by Gasteiger charge is 2.25. The highest BCUT2D eigenvalue weighted by atomic mass is 32.2. The Kier molecular flexibility index (Phi) is 5.76. The van der Waals surface area contributed by atoms with Gasteiger partial charge in [-0.15, -0.1) is 0 Å². The number of nitrogens with one attached hydrogen (secondary N) is 1. The van der Waals surface area contributed by atoms with E-state index in [-0.39, 0.29) is 17.2 Å². The summed E-state index contributed by atoms with van der Waals surface area (Å²) in [5.41, 5.74) is 3.14. The number of carbonyl (C=O) groups is 1. The van der Waals surface area contributed by atoms with Crippen LogP contribution >= 0.6 is 0 Å². The zero-order valence-corrected chi connectivity index (χ0v) is 16.9. The molecule has 0 aliphatic carbocycles. The molecule has 1 heterocycles. The molecule has 1 atom stereocenters. The van der Waals surface area contributed by atoms with Gasteiger partial charge in [0, 0.05) is 12.1 Å². The van der Waals surface area contributed by atoms with Crippen molar-refractivity contribution in [3.63, 3.8) is 0 Å². The number of nitrogens with zero attached hydrogens (tertiary/aromatic N) is 2. The van der Waals surface area contributed by atoms with Crippen LogP contribution in [0.5, 0.6) is 0 Å². The molecule has 2 aromatic carbocycles. The number of benzene rings is 2. The van der Waals surface area contributed by atoms with Crippen LogP contribution in [0, 0.1) is 20.8 Å². The molecule has 0 unspecified atom stereocenters. The highest BCUT2D eigenvalue weighted by Crippen LogP contribution is 2.22. The molecule has 0 aliphatic heterocycles. The number of hydrogen-bond acceptors (Lipinski definition) is 4. The van der Waals surface area contributed by atoms with Crippen LogP contribution < -0.4 is 4.72 Å². The quantitative estimate of drug-likeness (QED) is 0.690. The minimum Gasteiger partial charge on any atom is -0.272 e. The van der Waals surface area contributed by atoms with E-state index in [9.17, 15) is 13.2 Å². The third kappa shape index (κ3) is 4.55. The first-order valence-electron chi connectivity index (χ1n) is 8.97. The summed E-state index contributed by atoms with van der Waals surface area (Å²) in [7, 11) is -3.79. The van der Waals surface area contributed by atoms with E-state index in [1.165, 1.54) is 4.68 Å². The first kappa shape index (κ1) is 20.0. The molecule has 0 saturated heterocycles. The van der Waals surface area contributed by atoms with Gasteiger partial charge in [-0.25, -0.2) is 17.8 Å². The zero-order chi connectivity index (χ0) is 20.3. The number of sulfonamides is 1. The summed E-state index contributed by atoms with van der Waals surface area (Å²) in [6, 6.07) is 16.8. The van der Waals surface area contributed by atoms with E-state index in [1.807, 2.05) is 38.1 Å². The van der Waals surface area contributed by atoms with E-state index >= 15 is 0 Å². The van der Waals surface area contributed by atoms with Crippen LogP contribution in [0.25, 0.3) is 0 Å². The summed E-state index contributed by atoms with van der Waals surface area (Å²) < 4.78 is 29.8. The van der Waals surface area contributed by atoms with Crippen molar-refractivity contribution in [3.05, 3.63) is 83.2 Å². The van der Waals surface area contributed by atoms with Crippen LogP contribution in [0.4, 0.5) is 0 Å². The fourth-order valence-electron chi connectivity index (χ4n) is 3.03. The molecule has 6 nitrogen and oxygen atoms in total. The molecule has 146 valence electrons. The lowest BCUT2D eigenvalue weighted by Gasteiger charge is -2.19. The van der Waals surface area contributed by atoms with E-state index in [0.717, 1.165) is 17.0 Å². The Morgan fingerprint density at radius 1 is 1.04 bits per heavy atom. The van der Waals surface area contributed by atoms with Gasteiger partial charge in [-0.1, -0.05) is 48.0 Å². The lowest BCUT2D eigenvalue weighted by atomic mass is 10.0. The third-order valence-electron chi connectivity index (χ3n) is 4.46. The van der Waals surface area contributed by atoms with Gasteiger partial charge in [0.25, 0.3) is 0 Å². The summed E-state index contributed by atoms with van der Waals surface area (Å²) >= 11 is 0. The van der Waals surface area contributed by atoms with Crippen molar-refractivity contribution in [2.45, 2.75) is 38.1 Å². The molecule has 3 rings (SSSR count). The van der Waals surface area contributed by atoms with E-state index < -0.39 is 16.1 Å². The number of carbonyl (C=O) groups excluding carboxylic acids is 1. The van der Waals surface area contributed by atoms with Crippen molar-refractivity contribution in [3.8, 4) is 0 Å². The molecule has 0 aliphatic rings. The fourth-order valence-corrected chi connectivity index (χ4v) is 4.25. The van der Waals surface area contributed by atoms with E-state index in [2.05, 4.69) is 9.82 Å². The van der Waals surface area contributed by atoms with Gasteiger partial charge in [-0.05, 0) is 44.5 Å². The van der Waals surface area contributed by atoms with E-state index in [1.54, 1.807) is 43.3 Å². The molecule has 1 N–H and O–H groups in total. The summed E-state index contributed by atoms with van der Waals surface area (Å²) in [5, 5.41) is 4.21. The van der Waals surface area contributed by atoms with Crippen molar-refractivity contribution in [2.75, 3.05) is 0 Å². The number of aryl methyl sites for hydroxylation is 3. The van der Waals surface area contributed by atoms with E-state index in [0.29, 0.717) is 5.56 Å². The van der Waals surface area contributed by atoms with Crippen molar-refractivity contribution < 1.29 is 13.2 Å². The molecular weight excluding hydrogens is 374 g/mol. The molecular formula is C21H23N3O3S. The zero-order valence-electron chi connectivity index (χ0n) is 16.1. The molecule has 0 spiro atoms. The molecule has 0 saturated carbocycles. The van der Waals surface area contributed by atoms with Crippen LogP contribution in [0.1, 0.15) is 39.8 Å². The van der Waals surface area contributed by atoms with Crippen LogP contribution in [0.2, 0.25) is 0 Å². The highest BCUT2D eigenvalue weighted by molar-refractivity contribution is 7.89. The maximum atomic E-state index is 12.9. The Balaban J connectivity index is 1.90. The second-order valence-electron chi connectivity index (χ2n) is 6.83. The third-order valence-corrected chi connectivity index (χ3v) is 5.94. The Morgan fingerprint density at radius 2 is 1.68 bits per heavy atom. The second-order valence-corrected chi connectivity index (χ2v) is 8.55. The summed E-state index contributed by atoms with van der Waals surface area (Å²) in [5.74, 6) is -0.272. The maximum absolute atomic E-state index is 12.9. The lowest BCUT2D eigenvalue weighted by Crippen LogP contribution is -2.31. The van der Waals surface area contributed by atoms with Gasteiger partial charge in [0.05, 0.1) is 16.6 Å². The van der Waals surface area contributed by atoms with Crippen molar-refractivity contribution in [1.82, 2.24) is 14.5 Å². The SMILES string of the molecule is Cc1ccc(S(=O)(=O)N[C@@H](CC(=O)n2nc(C)cc2C)c2ccccc2)cc1.